The van der Waals surface area contributed by atoms with Crippen molar-refractivity contribution in [2.45, 2.75) is 20.4 Å². The van der Waals surface area contributed by atoms with Crippen LogP contribution < -0.4 is 4.74 Å². The lowest BCUT2D eigenvalue weighted by atomic mass is 10.1. The van der Waals surface area contributed by atoms with Crippen LogP contribution in [0.3, 0.4) is 0 Å². The molecule has 0 atom stereocenters. The van der Waals surface area contributed by atoms with Gasteiger partial charge in [0.1, 0.15) is 5.75 Å². The second kappa shape index (κ2) is 7.48. The summed E-state index contributed by atoms with van der Waals surface area (Å²) in [4.78, 5) is 28.6. The Morgan fingerprint density at radius 3 is 2.64 bits per heavy atom. The molecule has 25 heavy (non-hydrogen) atoms. The summed E-state index contributed by atoms with van der Waals surface area (Å²) in [5.74, 6) is 0.389. The number of hydrogen-bond donors (Lipinski definition) is 0. The van der Waals surface area contributed by atoms with Gasteiger partial charge in [0.2, 0.25) is 0 Å². The van der Waals surface area contributed by atoms with E-state index in [1.807, 2.05) is 13.8 Å². The molecule has 2 rings (SSSR count). The van der Waals surface area contributed by atoms with E-state index in [4.69, 9.17) is 16.3 Å². The van der Waals surface area contributed by atoms with Crippen LogP contribution in [-0.4, -0.2) is 34.9 Å². The first-order valence-electron chi connectivity index (χ1n) is 7.44. The topological polar surface area (TPSA) is 85.6 Å². The van der Waals surface area contributed by atoms with Crippen molar-refractivity contribution in [3.8, 4) is 5.75 Å². The zero-order chi connectivity index (χ0) is 18.7. The van der Waals surface area contributed by atoms with Crippen molar-refractivity contribution in [1.29, 1.82) is 0 Å². The second-order valence-electron chi connectivity index (χ2n) is 5.63. The average molecular weight is 364 g/mol. The lowest BCUT2D eigenvalue weighted by Crippen LogP contribution is -2.27. The number of nitro groups is 1. The molecule has 1 aromatic carbocycles. The van der Waals surface area contributed by atoms with Crippen molar-refractivity contribution in [2.24, 2.45) is 0 Å². The summed E-state index contributed by atoms with van der Waals surface area (Å²) in [6.07, 6.45) is 1.69. The van der Waals surface area contributed by atoms with Crippen LogP contribution in [0.1, 0.15) is 27.2 Å². The van der Waals surface area contributed by atoms with Gasteiger partial charge in [-0.1, -0.05) is 11.6 Å². The van der Waals surface area contributed by atoms with Crippen LogP contribution in [-0.2, 0) is 6.54 Å². The van der Waals surface area contributed by atoms with E-state index in [0.717, 1.165) is 16.9 Å². The van der Waals surface area contributed by atoms with Gasteiger partial charge in [0.25, 0.3) is 11.6 Å². The lowest BCUT2D eigenvalue weighted by molar-refractivity contribution is -0.384. The zero-order valence-corrected chi connectivity index (χ0v) is 15.1. The van der Waals surface area contributed by atoms with Crippen molar-refractivity contribution < 1.29 is 14.5 Å². The maximum Gasteiger partial charge on any atom is 0.270 e. The molecule has 0 saturated carbocycles. The number of halogens is 1. The summed E-state index contributed by atoms with van der Waals surface area (Å²) >= 11 is 6.03. The predicted octanol–water partition coefficient (Wildman–Crippen LogP) is 3.54. The molecule has 132 valence electrons. The normalized spacial score (nSPS) is 10.4. The Hall–Kier alpha value is -2.67. The van der Waals surface area contributed by atoms with E-state index in [-0.39, 0.29) is 28.7 Å². The number of non-ortho nitro benzene ring substituents is 1. The second-order valence-corrected chi connectivity index (χ2v) is 6.04. The Labute approximate surface area is 150 Å². The van der Waals surface area contributed by atoms with Crippen LogP contribution in [0.2, 0.25) is 5.02 Å². The molecule has 0 N–H and O–H groups in total. The molecule has 0 fully saturated rings. The molecule has 0 saturated heterocycles. The molecular formula is C17H18ClN3O4. The molecule has 0 aliphatic heterocycles. The minimum atomic E-state index is -0.560. The van der Waals surface area contributed by atoms with Crippen molar-refractivity contribution in [3.05, 3.63) is 61.9 Å². The average Bonchev–Trinajstić information content (AvgIpc) is 2.57. The fraction of sp³-hybridized carbons (Fsp3) is 0.294. The van der Waals surface area contributed by atoms with Gasteiger partial charge in [-0.15, -0.1) is 0 Å². The highest BCUT2D eigenvalue weighted by Gasteiger charge is 2.20. The molecule has 0 aliphatic carbocycles. The zero-order valence-electron chi connectivity index (χ0n) is 14.4. The van der Waals surface area contributed by atoms with Crippen LogP contribution in [0.5, 0.6) is 5.75 Å². The quantitative estimate of drug-likeness (QED) is 0.599. The number of nitrogens with zero attached hydrogens (tertiary/aromatic N) is 3. The first-order valence-corrected chi connectivity index (χ1v) is 7.82. The first-order chi connectivity index (χ1) is 11.8. The molecule has 1 heterocycles. The largest absolute Gasteiger partial charge is 0.496 e. The highest BCUT2D eigenvalue weighted by Crippen LogP contribution is 2.26. The number of methoxy groups -OCH3 is 1. The lowest BCUT2D eigenvalue weighted by Gasteiger charge is -2.20. The van der Waals surface area contributed by atoms with Crippen LogP contribution >= 0.6 is 11.6 Å². The molecule has 0 unspecified atom stereocenters. The van der Waals surface area contributed by atoms with Gasteiger partial charge in [-0.25, -0.2) is 0 Å². The number of hydrogen-bond acceptors (Lipinski definition) is 5. The van der Waals surface area contributed by atoms with E-state index >= 15 is 0 Å². The maximum atomic E-state index is 12.6. The first kappa shape index (κ1) is 18.7. The highest BCUT2D eigenvalue weighted by molar-refractivity contribution is 6.34. The molecule has 1 aromatic heterocycles. The van der Waals surface area contributed by atoms with E-state index < -0.39 is 4.92 Å². The fourth-order valence-electron chi connectivity index (χ4n) is 2.52. The Kier molecular flexibility index (Phi) is 5.58. The summed E-state index contributed by atoms with van der Waals surface area (Å²) in [6, 6.07) is 3.78. The molecule has 8 heteroatoms. The predicted molar refractivity (Wildman–Crippen MR) is 94.2 cm³/mol. The number of benzene rings is 1. The Balaban J connectivity index is 2.26. The molecule has 7 nitrogen and oxygen atoms in total. The Morgan fingerprint density at radius 2 is 2.08 bits per heavy atom. The minimum Gasteiger partial charge on any atom is -0.496 e. The van der Waals surface area contributed by atoms with Crippen LogP contribution in [0.25, 0.3) is 0 Å². The van der Waals surface area contributed by atoms with E-state index in [0.29, 0.717) is 5.69 Å². The van der Waals surface area contributed by atoms with Gasteiger partial charge in [-0.05, 0) is 19.9 Å². The molecule has 0 aliphatic rings. The summed E-state index contributed by atoms with van der Waals surface area (Å²) in [5.41, 5.74) is 2.51. The van der Waals surface area contributed by atoms with Crippen molar-refractivity contribution in [3.63, 3.8) is 0 Å². The van der Waals surface area contributed by atoms with E-state index in [1.165, 1.54) is 23.1 Å². The monoisotopic (exact) mass is 363 g/mol. The molecule has 0 radical (unpaired) electrons. The van der Waals surface area contributed by atoms with Crippen molar-refractivity contribution >= 4 is 23.2 Å². The summed E-state index contributed by atoms with van der Waals surface area (Å²) in [5, 5.41) is 10.8. The third kappa shape index (κ3) is 3.88. The van der Waals surface area contributed by atoms with Crippen LogP contribution in [0, 0.1) is 24.0 Å². The third-order valence-corrected chi connectivity index (χ3v) is 4.19. The Bertz CT molecular complexity index is 839. The van der Waals surface area contributed by atoms with Gasteiger partial charge in [0.05, 0.1) is 34.9 Å². The van der Waals surface area contributed by atoms with Crippen LogP contribution in [0.15, 0.2) is 24.4 Å². The number of rotatable bonds is 5. The highest BCUT2D eigenvalue weighted by atomic mass is 35.5. The molecular weight excluding hydrogens is 346 g/mol. The third-order valence-electron chi connectivity index (χ3n) is 3.88. The molecule has 0 bridgehead atoms. The SMILES string of the molecule is COc1c(C)cnc(CN(C)C(=O)c2ccc([N+](=O)[O-])cc2Cl)c1C. The summed E-state index contributed by atoms with van der Waals surface area (Å²) in [6.45, 7) is 4.04. The summed E-state index contributed by atoms with van der Waals surface area (Å²) in [7, 11) is 3.21. The number of aromatic nitrogens is 1. The smallest absolute Gasteiger partial charge is 0.270 e. The maximum absolute atomic E-state index is 12.6. The number of ether oxygens (including phenoxy) is 1. The van der Waals surface area contributed by atoms with Gasteiger partial charge >= 0.3 is 0 Å². The van der Waals surface area contributed by atoms with E-state index in [9.17, 15) is 14.9 Å². The van der Waals surface area contributed by atoms with Gasteiger partial charge in [-0.2, -0.15) is 0 Å². The van der Waals surface area contributed by atoms with Crippen molar-refractivity contribution in [2.75, 3.05) is 14.2 Å². The molecule has 2 aromatic rings. The number of carbonyl (C=O) groups is 1. The number of amides is 1. The van der Waals surface area contributed by atoms with E-state index in [2.05, 4.69) is 4.98 Å². The van der Waals surface area contributed by atoms with Crippen molar-refractivity contribution in [1.82, 2.24) is 9.88 Å². The minimum absolute atomic E-state index is 0.0391. The van der Waals surface area contributed by atoms with Gasteiger partial charge in [-0.3, -0.25) is 19.9 Å². The number of nitro benzene ring substituents is 1. The molecule has 1 amide bonds. The number of aryl methyl sites for hydroxylation is 1. The van der Waals surface area contributed by atoms with Gasteiger partial charge < -0.3 is 9.64 Å². The van der Waals surface area contributed by atoms with E-state index in [1.54, 1.807) is 20.4 Å². The number of carbonyl (C=O) groups excluding carboxylic acids is 1. The van der Waals surface area contributed by atoms with Gasteiger partial charge in [0, 0.05) is 36.5 Å². The van der Waals surface area contributed by atoms with Gasteiger partial charge in [0.15, 0.2) is 0 Å². The number of pyridine rings is 1. The summed E-state index contributed by atoms with van der Waals surface area (Å²) < 4.78 is 5.37. The Morgan fingerprint density at radius 1 is 1.40 bits per heavy atom. The standard InChI is InChI=1S/C17H18ClN3O4/c1-10-8-19-15(11(2)16(10)25-4)9-20(3)17(22)13-6-5-12(21(23)24)7-14(13)18/h5-8H,9H2,1-4H3. The molecule has 0 spiro atoms. The van der Waals surface area contributed by atoms with Crippen LogP contribution in [0.4, 0.5) is 5.69 Å². The fourth-order valence-corrected chi connectivity index (χ4v) is 2.78.